The van der Waals surface area contributed by atoms with Gasteiger partial charge in [-0.3, -0.25) is 4.99 Å². The van der Waals surface area contributed by atoms with E-state index in [1.807, 2.05) is 6.07 Å². The van der Waals surface area contributed by atoms with E-state index in [4.69, 9.17) is 0 Å². The summed E-state index contributed by atoms with van der Waals surface area (Å²) >= 11 is 2.10. The Labute approximate surface area is 141 Å². The van der Waals surface area contributed by atoms with Crippen LogP contribution in [0.5, 0.6) is 5.75 Å². The summed E-state index contributed by atoms with van der Waals surface area (Å²) in [6.45, 7) is 1.75. The van der Waals surface area contributed by atoms with Crippen LogP contribution in [0.3, 0.4) is 0 Å². The number of sulfone groups is 1. The van der Waals surface area contributed by atoms with Crippen molar-refractivity contribution in [2.24, 2.45) is 4.99 Å². The molecule has 0 heterocycles. The molecule has 4 nitrogen and oxygen atoms in total. The number of hydrogen-bond acceptors (Lipinski definition) is 4. The lowest BCUT2D eigenvalue weighted by molar-refractivity contribution is 0.470. The van der Waals surface area contributed by atoms with E-state index in [2.05, 4.69) is 27.6 Å². The molecule has 0 bridgehead atoms. The van der Waals surface area contributed by atoms with Gasteiger partial charge in [-0.2, -0.15) is 0 Å². The zero-order valence-electron chi connectivity index (χ0n) is 11.6. The Balaban J connectivity index is 2.20. The molecule has 0 atom stereocenters. The van der Waals surface area contributed by atoms with Crippen molar-refractivity contribution < 1.29 is 17.9 Å². The minimum atomic E-state index is -3.63. The highest BCUT2D eigenvalue weighted by Gasteiger charge is 2.13. The van der Waals surface area contributed by atoms with Gasteiger partial charge in [-0.15, -0.1) is 0 Å². The van der Waals surface area contributed by atoms with Gasteiger partial charge in [0, 0.05) is 15.3 Å². The van der Waals surface area contributed by atoms with Crippen LogP contribution in [0.25, 0.3) is 0 Å². The number of nitrogens with zero attached hydrogens (tertiary/aromatic N) is 1. The number of aromatic hydroxyl groups is 1. The van der Waals surface area contributed by atoms with Crippen molar-refractivity contribution in [1.82, 2.24) is 0 Å². The first-order valence-corrected chi connectivity index (χ1v) is 9.00. The number of aryl methyl sites for hydroxylation is 1. The Hall–Kier alpha value is -1.48. The lowest BCUT2D eigenvalue weighted by Gasteiger charge is -2.04. The summed E-state index contributed by atoms with van der Waals surface area (Å²) < 4.78 is 37.8. The van der Waals surface area contributed by atoms with Crippen LogP contribution in [0.2, 0.25) is 0 Å². The van der Waals surface area contributed by atoms with Gasteiger partial charge in [-0.1, -0.05) is 0 Å². The van der Waals surface area contributed by atoms with Gasteiger partial charge in [0.05, 0.1) is 4.90 Å². The Morgan fingerprint density at radius 1 is 1.27 bits per heavy atom. The van der Waals surface area contributed by atoms with E-state index in [-0.39, 0.29) is 10.6 Å². The van der Waals surface area contributed by atoms with Crippen LogP contribution in [-0.4, -0.2) is 25.6 Å². The fourth-order valence-corrected chi connectivity index (χ4v) is 3.58. The van der Waals surface area contributed by atoms with E-state index in [0.717, 1.165) is 15.7 Å². The smallest absolute Gasteiger partial charge is 0.198 e. The number of rotatable bonds is 4. The van der Waals surface area contributed by atoms with E-state index in [0.29, 0.717) is 11.1 Å². The maximum atomic E-state index is 12.8. The largest absolute Gasteiger partial charge is 0.507 e. The first-order valence-electron chi connectivity index (χ1n) is 6.27. The van der Waals surface area contributed by atoms with Crippen LogP contribution in [0.4, 0.5) is 4.39 Å². The van der Waals surface area contributed by atoms with Crippen LogP contribution in [0.1, 0.15) is 11.1 Å². The van der Waals surface area contributed by atoms with Crippen LogP contribution in [-0.2, 0) is 9.84 Å². The molecule has 2 aromatic carbocycles. The minimum absolute atomic E-state index is 0.00842. The summed E-state index contributed by atoms with van der Waals surface area (Å²) in [6.07, 6.45) is 1.32. The monoisotopic (exact) mass is 433 g/mol. The highest BCUT2D eigenvalue weighted by Crippen LogP contribution is 2.23. The first kappa shape index (κ1) is 16.9. The molecule has 0 radical (unpaired) electrons. The molecule has 22 heavy (non-hydrogen) atoms. The summed E-state index contributed by atoms with van der Waals surface area (Å²) in [4.78, 5) is 3.89. The Morgan fingerprint density at radius 2 is 1.91 bits per heavy atom. The Kier molecular flexibility index (Phi) is 5.17. The summed E-state index contributed by atoms with van der Waals surface area (Å²) in [7, 11) is -3.63. The quantitative estimate of drug-likeness (QED) is 0.457. The van der Waals surface area contributed by atoms with Crippen molar-refractivity contribution in [3.05, 3.63) is 56.9 Å². The number of benzene rings is 2. The standard InChI is InChI=1S/C15H13FINO3S/c1-10-6-13(17)7-11(15(10)19)8-18-9-22(20,21)14-4-2-12(16)3-5-14/h2-8,19H,9H2,1H3. The number of aliphatic imine (C=N–C) groups is 1. The van der Waals surface area contributed by atoms with E-state index < -0.39 is 21.5 Å². The third-order valence-corrected chi connectivity index (χ3v) is 5.04. The second kappa shape index (κ2) is 6.74. The molecule has 7 heteroatoms. The molecule has 0 aromatic heterocycles. The molecule has 2 rings (SSSR count). The molecule has 0 saturated carbocycles. The molecule has 0 saturated heterocycles. The zero-order chi connectivity index (χ0) is 16.3. The van der Waals surface area contributed by atoms with Crippen molar-refractivity contribution in [2.45, 2.75) is 11.8 Å². The lowest BCUT2D eigenvalue weighted by Crippen LogP contribution is -2.05. The van der Waals surface area contributed by atoms with Gasteiger partial charge in [0.15, 0.2) is 9.84 Å². The van der Waals surface area contributed by atoms with Crippen LogP contribution in [0, 0.1) is 16.3 Å². The molecule has 0 fully saturated rings. The zero-order valence-corrected chi connectivity index (χ0v) is 14.6. The fourth-order valence-electron chi connectivity index (χ4n) is 1.81. The second-order valence-corrected chi connectivity index (χ2v) is 7.87. The van der Waals surface area contributed by atoms with Crippen LogP contribution >= 0.6 is 22.6 Å². The molecule has 0 aliphatic carbocycles. The summed E-state index contributed by atoms with van der Waals surface area (Å²) in [5.41, 5.74) is 1.15. The van der Waals surface area contributed by atoms with E-state index in [1.165, 1.54) is 18.3 Å². The van der Waals surface area contributed by atoms with Crippen molar-refractivity contribution in [1.29, 1.82) is 0 Å². The molecule has 0 spiro atoms. The second-order valence-electron chi connectivity index (χ2n) is 4.67. The number of phenols is 1. The van der Waals surface area contributed by atoms with E-state index in [9.17, 15) is 17.9 Å². The van der Waals surface area contributed by atoms with E-state index >= 15 is 0 Å². The predicted octanol–water partition coefficient (Wildman–Crippen LogP) is 3.29. The normalized spacial score (nSPS) is 12.0. The molecular formula is C15H13FINO3S. The average molecular weight is 433 g/mol. The Morgan fingerprint density at radius 3 is 2.55 bits per heavy atom. The molecular weight excluding hydrogens is 420 g/mol. The van der Waals surface area contributed by atoms with Gasteiger partial charge in [-0.05, 0) is 71.5 Å². The highest BCUT2D eigenvalue weighted by atomic mass is 127. The lowest BCUT2D eigenvalue weighted by atomic mass is 10.1. The third-order valence-electron chi connectivity index (χ3n) is 2.94. The van der Waals surface area contributed by atoms with Crippen molar-refractivity contribution in [3.63, 3.8) is 0 Å². The molecule has 1 N–H and O–H groups in total. The molecule has 0 amide bonds. The van der Waals surface area contributed by atoms with Gasteiger partial charge >= 0.3 is 0 Å². The number of phenolic OH excluding ortho intramolecular Hbond substituents is 1. The summed E-state index contributed by atoms with van der Waals surface area (Å²) in [6, 6.07) is 8.09. The number of halogens is 2. The SMILES string of the molecule is Cc1cc(I)cc(C=NCS(=O)(=O)c2ccc(F)cc2)c1O. The predicted molar refractivity (Wildman–Crippen MR) is 91.6 cm³/mol. The van der Waals surface area contributed by atoms with Crippen molar-refractivity contribution in [2.75, 3.05) is 5.88 Å². The van der Waals surface area contributed by atoms with Gasteiger partial charge in [0.2, 0.25) is 0 Å². The minimum Gasteiger partial charge on any atom is -0.507 e. The van der Waals surface area contributed by atoms with Crippen molar-refractivity contribution in [3.8, 4) is 5.75 Å². The molecule has 0 unspecified atom stereocenters. The van der Waals surface area contributed by atoms with Gasteiger partial charge in [0.25, 0.3) is 0 Å². The summed E-state index contributed by atoms with van der Waals surface area (Å²) in [5, 5.41) is 9.91. The molecule has 0 aliphatic rings. The number of hydrogen-bond donors (Lipinski definition) is 1. The third kappa shape index (κ3) is 4.04. The van der Waals surface area contributed by atoms with Gasteiger partial charge < -0.3 is 5.11 Å². The average Bonchev–Trinajstić information content (AvgIpc) is 2.44. The maximum Gasteiger partial charge on any atom is 0.198 e. The topological polar surface area (TPSA) is 66.7 Å². The van der Waals surface area contributed by atoms with Gasteiger partial charge in [0.1, 0.15) is 17.4 Å². The van der Waals surface area contributed by atoms with Gasteiger partial charge in [-0.25, -0.2) is 12.8 Å². The molecule has 2 aromatic rings. The van der Waals surface area contributed by atoms with E-state index in [1.54, 1.807) is 13.0 Å². The summed E-state index contributed by atoms with van der Waals surface area (Å²) in [5.74, 6) is -0.896. The molecule has 116 valence electrons. The fraction of sp³-hybridized carbons (Fsp3) is 0.133. The highest BCUT2D eigenvalue weighted by molar-refractivity contribution is 14.1. The molecule has 0 aliphatic heterocycles. The van der Waals surface area contributed by atoms with Crippen LogP contribution < -0.4 is 0 Å². The van der Waals surface area contributed by atoms with Crippen molar-refractivity contribution >= 4 is 38.6 Å². The first-order chi connectivity index (χ1) is 10.3. The maximum absolute atomic E-state index is 12.8. The van der Waals surface area contributed by atoms with Crippen LogP contribution in [0.15, 0.2) is 46.3 Å². The Bertz CT molecular complexity index is 817.